The van der Waals surface area contributed by atoms with Gasteiger partial charge in [-0.1, -0.05) is 63.7 Å². The van der Waals surface area contributed by atoms with Crippen molar-refractivity contribution >= 4 is 37.0 Å². The minimum absolute atomic E-state index is 0.0123. The SMILES string of the molecule is C=C(CCNC(=O)c1ccc(C(C)(C)C)cc1NS(=O)(=O)c1ccc(S(C)(=O)=O)cc1)c1ccccc1. The van der Waals surface area contributed by atoms with Gasteiger partial charge in [-0.25, -0.2) is 16.8 Å². The number of hydrogen-bond acceptors (Lipinski definition) is 5. The summed E-state index contributed by atoms with van der Waals surface area (Å²) in [7, 11) is -7.57. The van der Waals surface area contributed by atoms with E-state index in [4.69, 9.17) is 0 Å². The van der Waals surface area contributed by atoms with E-state index < -0.39 is 25.8 Å². The Balaban J connectivity index is 1.85. The third kappa shape index (κ3) is 7.30. The van der Waals surface area contributed by atoms with Crippen molar-refractivity contribution in [2.75, 3.05) is 17.5 Å². The molecule has 0 saturated carbocycles. The van der Waals surface area contributed by atoms with Crippen LogP contribution in [0, 0.1) is 0 Å². The monoisotopic (exact) mass is 540 g/mol. The standard InChI is InChI=1S/C28H32N2O5S2/c1-20(21-9-7-6-8-10-21)17-18-29-27(31)25-16-11-22(28(2,3)4)19-26(25)30-37(34,35)24-14-12-23(13-15-24)36(5,32)33/h6-16,19,30H,1,17-18H2,2-5H3,(H,29,31). The predicted octanol–water partition coefficient (Wildman–Crippen LogP) is 5.02. The van der Waals surface area contributed by atoms with Gasteiger partial charge in [-0.2, -0.15) is 0 Å². The first-order chi connectivity index (χ1) is 17.2. The summed E-state index contributed by atoms with van der Waals surface area (Å²) in [5.41, 5.74) is 2.73. The van der Waals surface area contributed by atoms with E-state index in [0.717, 1.165) is 23.0 Å². The molecule has 196 valence electrons. The maximum absolute atomic E-state index is 13.2. The Hall–Kier alpha value is -3.43. The van der Waals surface area contributed by atoms with Crippen molar-refractivity contribution in [3.63, 3.8) is 0 Å². The van der Waals surface area contributed by atoms with Crippen LogP contribution in [-0.4, -0.2) is 35.5 Å². The molecule has 0 aliphatic heterocycles. The highest BCUT2D eigenvalue weighted by atomic mass is 32.2. The minimum Gasteiger partial charge on any atom is -0.352 e. The van der Waals surface area contributed by atoms with Crippen LogP contribution < -0.4 is 10.0 Å². The molecule has 3 rings (SSSR count). The first-order valence-electron chi connectivity index (χ1n) is 11.7. The number of hydrogen-bond donors (Lipinski definition) is 2. The molecular formula is C28H32N2O5S2. The average molecular weight is 541 g/mol. The van der Waals surface area contributed by atoms with Gasteiger partial charge in [0.1, 0.15) is 0 Å². The van der Waals surface area contributed by atoms with Crippen LogP contribution in [-0.2, 0) is 25.3 Å². The van der Waals surface area contributed by atoms with E-state index >= 15 is 0 Å². The second-order valence-electron chi connectivity index (χ2n) is 9.83. The summed E-state index contributed by atoms with van der Waals surface area (Å²) >= 11 is 0. The predicted molar refractivity (Wildman–Crippen MR) is 148 cm³/mol. The van der Waals surface area contributed by atoms with E-state index in [9.17, 15) is 21.6 Å². The average Bonchev–Trinajstić information content (AvgIpc) is 2.83. The molecule has 0 aliphatic rings. The normalized spacial score (nSPS) is 12.1. The molecule has 0 fully saturated rings. The van der Waals surface area contributed by atoms with E-state index in [-0.39, 0.29) is 26.5 Å². The molecule has 7 nitrogen and oxygen atoms in total. The van der Waals surface area contributed by atoms with Crippen LogP contribution in [0.25, 0.3) is 5.57 Å². The number of nitrogens with one attached hydrogen (secondary N) is 2. The van der Waals surface area contributed by atoms with Gasteiger partial charge in [0.15, 0.2) is 9.84 Å². The van der Waals surface area contributed by atoms with Crippen molar-refractivity contribution < 1.29 is 21.6 Å². The maximum atomic E-state index is 13.2. The van der Waals surface area contributed by atoms with Gasteiger partial charge in [0, 0.05) is 12.8 Å². The molecule has 0 aromatic heterocycles. The fraction of sp³-hybridized carbons (Fsp3) is 0.250. The Morgan fingerprint density at radius 3 is 2.03 bits per heavy atom. The molecule has 0 heterocycles. The van der Waals surface area contributed by atoms with Crippen LogP contribution in [0.5, 0.6) is 0 Å². The Morgan fingerprint density at radius 2 is 1.46 bits per heavy atom. The zero-order valence-electron chi connectivity index (χ0n) is 21.4. The highest BCUT2D eigenvalue weighted by molar-refractivity contribution is 7.92. The van der Waals surface area contributed by atoms with Crippen molar-refractivity contribution in [2.45, 2.75) is 42.4 Å². The zero-order chi connectivity index (χ0) is 27.4. The number of anilines is 1. The van der Waals surface area contributed by atoms with Gasteiger partial charge in [0.2, 0.25) is 0 Å². The van der Waals surface area contributed by atoms with E-state index in [1.165, 1.54) is 24.3 Å². The van der Waals surface area contributed by atoms with E-state index in [1.807, 2.05) is 51.1 Å². The summed E-state index contributed by atoms with van der Waals surface area (Å²) in [5, 5.41) is 2.85. The highest BCUT2D eigenvalue weighted by Gasteiger charge is 2.23. The van der Waals surface area contributed by atoms with Crippen LogP contribution >= 0.6 is 0 Å². The number of carbonyl (C=O) groups is 1. The molecule has 9 heteroatoms. The van der Waals surface area contributed by atoms with Crippen LogP contribution in [0.1, 0.15) is 48.7 Å². The van der Waals surface area contributed by atoms with Gasteiger partial charge in [0.25, 0.3) is 15.9 Å². The molecule has 0 saturated heterocycles. The van der Waals surface area contributed by atoms with Gasteiger partial charge in [-0.3, -0.25) is 9.52 Å². The Morgan fingerprint density at radius 1 is 0.865 bits per heavy atom. The Bertz CT molecular complexity index is 1500. The lowest BCUT2D eigenvalue weighted by atomic mass is 9.86. The first kappa shape index (κ1) is 28.1. The fourth-order valence-electron chi connectivity index (χ4n) is 3.60. The van der Waals surface area contributed by atoms with Crippen molar-refractivity contribution in [3.05, 3.63) is 96.1 Å². The van der Waals surface area contributed by atoms with Gasteiger partial charge in [-0.15, -0.1) is 0 Å². The summed E-state index contributed by atoms with van der Waals surface area (Å²) in [6.07, 6.45) is 1.58. The molecule has 1 amide bonds. The van der Waals surface area contributed by atoms with Crippen molar-refractivity contribution in [1.82, 2.24) is 5.32 Å². The first-order valence-corrected chi connectivity index (χ1v) is 15.0. The lowest BCUT2D eigenvalue weighted by Gasteiger charge is -2.22. The number of rotatable bonds is 9. The molecule has 37 heavy (non-hydrogen) atoms. The van der Waals surface area contributed by atoms with Crippen molar-refractivity contribution in [1.29, 1.82) is 0 Å². The van der Waals surface area contributed by atoms with E-state index in [1.54, 1.807) is 18.2 Å². The molecule has 3 aromatic carbocycles. The van der Waals surface area contributed by atoms with Crippen LogP contribution in [0.15, 0.2) is 89.2 Å². The topological polar surface area (TPSA) is 109 Å². The van der Waals surface area contributed by atoms with E-state index in [0.29, 0.717) is 13.0 Å². The van der Waals surface area contributed by atoms with Crippen LogP contribution in [0.2, 0.25) is 0 Å². The summed E-state index contributed by atoms with van der Waals surface area (Å²) in [6, 6.07) is 19.6. The quantitative estimate of drug-likeness (QED) is 0.396. The van der Waals surface area contributed by atoms with Crippen molar-refractivity contribution in [3.8, 4) is 0 Å². The van der Waals surface area contributed by atoms with E-state index in [2.05, 4.69) is 16.6 Å². The van der Waals surface area contributed by atoms with Crippen LogP contribution in [0.3, 0.4) is 0 Å². The summed E-state index contributed by atoms with van der Waals surface area (Å²) < 4.78 is 52.3. The molecule has 0 unspecified atom stereocenters. The minimum atomic E-state index is -4.10. The molecule has 0 aliphatic carbocycles. The Kier molecular flexibility index (Phi) is 8.29. The zero-order valence-corrected chi connectivity index (χ0v) is 23.0. The Labute approximate surface area is 219 Å². The number of amides is 1. The van der Waals surface area contributed by atoms with Gasteiger partial charge >= 0.3 is 0 Å². The lowest BCUT2D eigenvalue weighted by Crippen LogP contribution is -2.27. The summed E-state index contributed by atoms with van der Waals surface area (Å²) in [4.78, 5) is 13.0. The molecule has 0 bridgehead atoms. The number of benzene rings is 3. The van der Waals surface area contributed by atoms with Gasteiger partial charge in [-0.05, 0) is 64.9 Å². The molecule has 0 spiro atoms. The summed E-state index contributed by atoms with van der Waals surface area (Å²) in [5.74, 6) is -0.425. The third-order valence-electron chi connectivity index (χ3n) is 5.83. The second-order valence-corrected chi connectivity index (χ2v) is 13.5. The number of sulfone groups is 1. The molecular weight excluding hydrogens is 508 g/mol. The maximum Gasteiger partial charge on any atom is 0.261 e. The number of sulfonamides is 1. The smallest absolute Gasteiger partial charge is 0.261 e. The van der Waals surface area contributed by atoms with Gasteiger partial charge in [0.05, 0.1) is 21.0 Å². The molecule has 3 aromatic rings. The van der Waals surface area contributed by atoms with Crippen molar-refractivity contribution in [2.24, 2.45) is 0 Å². The molecule has 0 radical (unpaired) electrons. The van der Waals surface area contributed by atoms with Crippen LogP contribution in [0.4, 0.5) is 5.69 Å². The highest BCUT2D eigenvalue weighted by Crippen LogP contribution is 2.29. The summed E-state index contributed by atoms with van der Waals surface area (Å²) in [6.45, 7) is 10.4. The molecule has 0 atom stereocenters. The second kappa shape index (κ2) is 10.9. The number of carbonyl (C=O) groups excluding carboxylic acids is 1. The van der Waals surface area contributed by atoms with Gasteiger partial charge < -0.3 is 5.32 Å². The fourth-order valence-corrected chi connectivity index (χ4v) is 5.30. The lowest BCUT2D eigenvalue weighted by molar-refractivity contribution is 0.0955. The largest absolute Gasteiger partial charge is 0.352 e. The molecule has 2 N–H and O–H groups in total. The third-order valence-corrected chi connectivity index (χ3v) is 8.34.